The maximum absolute atomic E-state index is 11.1. The van der Waals surface area contributed by atoms with E-state index in [1.165, 1.54) is 12.1 Å². The van der Waals surface area contributed by atoms with Crippen molar-refractivity contribution in [3.8, 4) is 33.8 Å². The highest BCUT2D eigenvalue weighted by atomic mass is 16.4. The van der Waals surface area contributed by atoms with Gasteiger partial charge in [-0.1, -0.05) is 54.6 Å². The van der Waals surface area contributed by atoms with Gasteiger partial charge in [0.1, 0.15) is 11.5 Å². The first-order valence-corrected chi connectivity index (χ1v) is 7.47. The van der Waals surface area contributed by atoms with Gasteiger partial charge in [0.05, 0.1) is 6.42 Å². The van der Waals surface area contributed by atoms with Gasteiger partial charge in [0.25, 0.3) is 0 Å². The lowest BCUT2D eigenvalue weighted by Gasteiger charge is -2.12. The van der Waals surface area contributed by atoms with Gasteiger partial charge in [-0.3, -0.25) is 4.79 Å². The van der Waals surface area contributed by atoms with Crippen LogP contribution in [0.5, 0.6) is 11.5 Å². The van der Waals surface area contributed by atoms with Crippen LogP contribution in [0.3, 0.4) is 0 Å². The monoisotopic (exact) mass is 320 g/mol. The minimum Gasteiger partial charge on any atom is -0.508 e. The molecule has 0 bridgehead atoms. The van der Waals surface area contributed by atoms with Crippen molar-refractivity contribution < 1.29 is 20.1 Å². The number of hydrogen-bond acceptors (Lipinski definition) is 3. The fourth-order valence-corrected chi connectivity index (χ4v) is 2.76. The molecule has 0 fully saturated rings. The Hall–Kier alpha value is -3.27. The highest BCUT2D eigenvalue weighted by molar-refractivity contribution is 5.81. The highest BCUT2D eigenvalue weighted by Gasteiger charge is 2.15. The van der Waals surface area contributed by atoms with Crippen LogP contribution in [-0.2, 0) is 11.2 Å². The molecule has 0 saturated carbocycles. The van der Waals surface area contributed by atoms with Crippen LogP contribution in [0.1, 0.15) is 5.56 Å². The molecule has 0 radical (unpaired) electrons. The normalized spacial score (nSPS) is 10.5. The van der Waals surface area contributed by atoms with E-state index in [9.17, 15) is 15.0 Å². The molecule has 0 saturated heterocycles. The van der Waals surface area contributed by atoms with Gasteiger partial charge in [-0.05, 0) is 28.3 Å². The minimum absolute atomic E-state index is 0.140. The predicted molar refractivity (Wildman–Crippen MR) is 92.0 cm³/mol. The molecule has 0 aromatic heterocycles. The molecule has 4 nitrogen and oxygen atoms in total. The van der Waals surface area contributed by atoms with E-state index in [-0.39, 0.29) is 17.9 Å². The fraction of sp³-hybridized carbons (Fsp3) is 0.0500. The Balaban J connectivity index is 2.04. The molecule has 0 spiro atoms. The van der Waals surface area contributed by atoms with Crippen molar-refractivity contribution in [3.63, 3.8) is 0 Å². The molecular weight excluding hydrogens is 304 g/mol. The lowest BCUT2D eigenvalue weighted by molar-refractivity contribution is -0.136. The highest BCUT2D eigenvalue weighted by Crippen LogP contribution is 2.37. The first-order valence-electron chi connectivity index (χ1n) is 7.47. The minimum atomic E-state index is -1.03. The van der Waals surface area contributed by atoms with Gasteiger partial charge in [0.2, 0.25) is 0 Å². The van der Waals surface area contributed by atoms with E-state index < -0.39 is 5.97 Å². The third kappa shape index (κ3) is 3.22. The topological polar surface area (TPSA) is 77.8 Å². The first kappa shape index (κ1) is 15.6. The fourth-order valence-electron chi connectivity index (χ4n) is 2.76. The summed E-state index contributed by atoms with van der Waals surface area (Å²) in [4.78, 5) is 11.1. The zero-order valence-corrected chi connectivity index (χ0v) is 12.8. The third-order valence-corrected chi connectivity index (χ3v) is 3.81. The van der Waals surface area contributed by atoms with Crippen molar-refractivity contribution in [2.24, 2.45) is 0 Å². The largest absolute Gasteiger partial charge is 0.508 e. The smallest absolute Gasteiger partial charge is 0.307 e. The number of aromatic hydroxyl groups is 2. The van der Waals surface area contributed by atoms with Gasteiger partial charge in [0, 0.05) is 11.6 Å². The van der Waals surface area contributed by atoms with Crippen molar-refractivity contribution in [3.05, 3.63) is 72.3 Å². The first-order chi connectivity index (χ1) is 11.5. The molecule has 0 aliphatic heterocycles. The zero-order chi connectivity index (χ0) is 17.1. The Bertz CT molecular complexity index is 868. The third-order valence-electron chi connectivity index (χ3n) is 3.81. The second-order valence-corrected chi connectivity index (χ2v) is 5.51. The van der Waals surface area contributed by atoms with Crippen LogP contribution in [0.2, 0.25) is 0 Å². The average Bonchev–Trinajstić information content (AvgIpc) is 2.55. The molecule has 0 heterocycles. The Labute approximate surface area is 139 Å². The summed E-state index contributed by atoms with van der Waals surface area (Å²) < 4.78 is 0. The van der Waals surface area contributed by atoms with Gasteiger partial charge < -0.3 is 15.3 Å². The lowest BCUT2D eigenvalue weighted by Crippen LogP contribution is -2.02. The number of carboxylic acid groups (broad SMARTS) is 1. The number of benzene rings is 3. The summed E-state index contributed by atoms with van der Waals surface area (Å²) in [7, 11) is 0. The van der Waals surface area contributed by atoms with E-state index in [1.54, 1.807) is 0 Å². The van der Waals surface area contributed by atoms with Crippen LogP contribution in [0.15, 0.2) is 66.7 Å². The number of hydrogen-bond donors (Lipinski definition) is 3. The van der Waals surface area contributed by atoms with E-state index in [0.29, 0.717) is 16.7 Å². The summed E-state index contributed by atoms with van der Waals surface area (Å²) in [6.07, 6.45) is -0.280. The van der Waals surface area contributed by atoms with Crippen molar-refractivity contribution >= 4 is 5.97 Å². The van der Waals surface area contributed by atoms with Crippen LogP contribution in [-0.4, -0.2) is 21.3 Å². The van der Waals surface area contributed by atoms with Crippen LogP contribution < -0.4 is 0 Å². The Morgan fingerprint density at radius 1 is 0.792 bits per heavy atom. The molecule has 120 valence electrons. The standard InChI is InChI=1S/C20H16O4/c21-17-10-16(11-19(23)24)20(18(22)12-17)15-8-6-14(7-9-15)13-4-2-1-3-5-13/h1-10,12,21-22H,11H2,(H,23,24). The summed E-state index contributed by atoms with van der Waals surface area (Å²) in [5.74, 6) is -1.32. The maximum Gasteiger partial charge on any atom is 0.307 e. The maximum atomic E-state index is 11.1. The molecule has 0 aliphatic rings. The Kier molecular flexibility index (Phi) is 4.20. The second-order valence-electron chi connectivity index (χ2n) is 5.51. The SMILES string of the molecule is O=C(O)Cc1cc(O)cc(O)c1-c1ccc(-c2ccccc2)cc1. The number of phenols is 2. The lowest BCUT2D eigenvalue weighted by atomic mass is 9.94. The van der Waals surface area contributed by atoms with Crippen LogP contribution in [0, 0.1) is 0 Å². The number of phenolic OH excluding ortho intramolecular Hbond substituents is 2. The van der Waals surface area contributed by atoms with Crippen molar-refractivity contribution in [1.29, 1.82) is 0 Å². The molecule has 3 aromatic rings. The van der Waals surface area contributed by atoms with E-state index in [4.69, 9.17) is 5.11 Å². The summed E-state index contributed by atoms with van der Waals surface area (Å²) in [5.41, 5.74) is 3.59. The van der Waals surface area contributed by atoms with Crippen LogP contribution in [0.4, 0.5) is 0 Å². The van der Waals surface area contributed by atoms with Gasteiger partial charge in [-0.15, -0.1) is 0 Å². The van der Waals surface area contributed by atoms with E-state index >= 15 is 0 Å². The summed E-state index contributed by atoms with van der Waals surface area (Å²) >= 11 is 0. The van der Waals surface area contributed by atoms with Gasteiger partial charge >= 0.3 is 5.97 Å². The zero-order valence-electron chi connectivity index (χ0n) is 12.8. The molecule has 3 aromatic carbocycles. The predicted octanol–water partition coefficient (Wildman–Crippen LogP) is 4.06. The van der Waals surface area contributed by atoms with Crippen LogP contribution >= 0.6 is 0 Å². The number of carboxylic acids is 1. The van der Waals surface area contributed by atoms with E-state index in [2.05, 4.69) is 0 Å². The van der Waals surface area contributed by atoms with Gasteiger partial charge in [-0.2, -0.15) is 0 Å². The number of aliphatic carboxylic acids is 1. The van der Waals surface area contributed by atoms with Gasteiger partial charge in [-0.25, -0.2) is 0 Å². The quantitative estimate of drug-likeness (QED) is 0.677. The molecule has 3 rings (SSSR count). The molecule has 0 atom stereocenters. The summed E-state index contributed by atoms with van der Waals surface area (Å²) in [6, 6.07) is 20.0. The van der Waals surface area contributed by atoms with E-state index in [1.807, 2.05) is 54.6 Å². The second kappa shape index (κ2) is 6.46. The number of rotatable bonds is 4. The molecular formula is C20H16O4. The molecule has 3 N–H and O–H groups in total. The summed E-state index contributed by atoms with van der Waals surface area (Å²) in [6.45, 7) is 0. The van der Waals surface area contributed by atoms with E-state index in [0.717, 1.165) is 11.1 Å². The van der Waals surface area contributed by atoms with Gasteiger partial charge in [0.15, 0.2) is 0 Å². The molecule has 24 heavy (non-hydrogen) atoms. The molecule has 0 aliphatic carbocycles. The van der Waals surface area contributed by atoms with Crippen molar-refractivity contribution in [2.75, 3.05) is 0 Å². The van der Waals surface area contributed by atoms with Crippen molar-refractivity contribution in [2.45, 2.75) is 6.42 Å². The molecule has 4 heteroatoms. The molecule has 0 amide bonds. The molecule has 0 unspecified atom stereocenters. The summed E-state index contributed by atoms with van der Waals surface area (Å²) in [5, 5.41) is 28.8. The van der Waals surface area contributed by atoms with Crippen LogP contribution in [0.25, 0.3) is 22.3 Å². The Morgan fingerprint density at radius 2 is 1.38 bits per heavy atom. The van der Waals surface area contributed by atoms with Crippen molar-refractivity contribution in [1.82, 2.24) is 0 Å². The average molecular weight is 320 g/mol. The number of carbonyl (C=O) groups is 1. The Morgan fingerprint density at radius 3 is 2.00 bits per heavy atom.